The number of carbonyl (C=O) groups excluding carboxylic acids is 1. The monoisotopic (exact) mass is 516 g/mol. The summed E-state index contributed by atoms with van der Waals surface area (Å²) in [6.07, 6.45) is 0. The summed E-state index contributed by atoms with van der Waals surface area (Å²) in [5.74, 6) is 1.20. The van der Waals surface area contributed by atoms with E-state index in [0.717, 1.165) is 11.3 Å². The van der Waals surface area contributed by atoms with Crippen LogP contribution in [0.1, 0.15) is 15.9 Å². The Morgan fingerprint density at radius 1 is 0.784 bits per heavy atom. The molecule has 190 valence electrons. The molecule has 1 amide bonds. The lowest BCUT2D eigenvalue weighted by molar-refractivity contribution is 0.0947. The molecule has 4 rings (SSSR count). The predicted octanol–water partition coefficient (Wildman–Crippen LogP) is 4.90. The molecule has 0 aromatic heterocycles. The number of benzene rings is 4. The molecule has 0 saturated heterocycles. The lowest BCUT2D eigenvalue weighted by Crippen LogP contribution is -2.30. The third kappa shape index (κ3) is 6.68. The summed E-state index contributed by atoms with van der Waals surface area (Å²) < 4.78 is 39.0. The number of hydrogen-bond donors (Lipinski definition) is 1. The number of methoxy groups -OCH3 is 1. The highest BCUT2D eigenvalue weighted by Gasteiger charge is 2.25. The van der Waals surface area contributed by atoms with E-state index in [9.17, 15) is 13.2 Å². The van der Waals surface area contributed by atoms with Gasteiger partial charge in [-0.2, -0.15) is 0 Å². The molecule has 0 saturated carbocycles. The number of nitrogens with zero attached hydrogens (tertiary/aromatic N) is 1. The number of amides is 1. The summed E-state index contributed by atoms with van der Waals surface area (Å²) in [6, 6.07) is 31.4. The summed E-state index contributed by atoms with van der Waals surface area (Å²) in [5.41, 5.74) is 1.79. The highest BCUT2D eigenvalue weighted by atomic mass is 32.2. The Kier molecular flexibility index (Phi) is 8.43. The standard InChI is InChI=1S/C29H28N2O5S/c1-35-26-16-18-27(19-17-26)36-21-20-30-29(32)24-14-12-23(13-15-24)22-31(25-8-4-2-5-9-25)37(33,34)28-10-6-3-7-11-28/h2-19H,20-22H2,1H3,(H,30,32). The lowest BCUT2D eigenvalue weighted by Gasteiger charge is -2.25. The van der Waals surface area contributed by atoms with Crippen LogP contribution in [0.3, 0.4) is 0 Å². The zero-order chi connectivity index (χ0) is 26.1. The molecule has 4 aromatic rings. The first-order valence-corrected chi connectivity index (χ1v) is 13.2. The molecule has 7 nitrogen and oxygen atoms in total. The Bertz CT molecular complexity index is 1390. The molecule has 0 bridgehead atoms. The fourth-order valence-corrected chi connectivity index (χ4v) is 5.14. The Hall–Kier alpha value is -4.30. The van der Waals surface area contributed by atoms with E-state index in [2.05, 4.69) is 5.32 Å². The predicted molar refractivity (Wildman–Crippen MR) is 144 cm³/mol. The van der Waals surface area contributed by atoms with Crippen molar-refractivity contribution in [3.8, 4) is 11.5 Å². The second-order valence-electron chi connectivity index (χ2n) is 8.14. The van der Waals surface area contributed by atoms with Gasteiger partial charge in [0.05, 0.1) is 30.8 Å². The van der Waals surface area contributed by atoms with E-state index in [0.29, 0.717) is 30.2 Å². The minimum Gasteiger partial charge on any atom is -0.497 e. The zero-order valence-corrected chi connectivity index (χ0v) is 21.2. The number of hydrogen-bond acceptors (Lipinski definition) is 5. The van der Waals surface area contributed by atoms with Crippen molar-refractivity contribution >= 4 is 21.6 Å². The second-order valence-corrected chi connectivity index (χ2v) is 10.00. The Morgan fingerprint density at radius 3 is 2.00 bits per heavy atom. The average Bonchev–Trinajstić information content (AvgIpc) is 2.95. The van der Waals surface area contributed by atoms with E-state index in [1.54, 1.807) is 110 Å². The van der Waals surface area contributed by atoms with Crippen molar-refractivity contribution in [2.45, 2.75) is 11.4 Å². The number of anilines is 1. The van der Waals surface area contributed by atoms with Gasteiger partial charge in [-0.1, -0.05) is 48.5 Å². The summed E-state index contributed by atoms with van der Waals surface area (Å²) in [6.45, 7) is 0.780. The van der Waals surface area contributed by atoms with Crippen LogP contribution in [0.15, 0.2) is 114 Å². The Morgan fingerprint density at radius 2 is 1.38 bits per heavy atom. The quantitative estimate of drug-likeness (QED) is 0.287. The molecule has 0 aliphatic rings. The first-order chi connectivity index (χ1) is 18.0. The van der Waals surface area contributed by atoms with Gasteiger partial charge in [-0.05, 0) is 66.2 Å². The highest BCUT2D eigenvalue weighted by molar-refractivity contribution is 7.92. The van der Waals surface area contributed by atoms with Gasteiger partial charge in [-0.3, -0.25) is 9.10 Å². The van der Waals surface area contributed by atoms with Gasteiger partial charge < -0.3 is 14.8 Å². The number of nitrogens with one attached hydrogen (secondary N) is 1. The number of para-hydroxylation sites is 1. The number of carbonyl (C=O) groups is 1. The van der Waals surface area contributed by atoms with Crippen molar-refractivity contribution in [3.63, 3.8) is 0 Å². The summed E-state index contributed by atoms with van der Waals surface area (Å²) in [7, 11) is -2.19. The van der Waals surface area contributed by atoms with E-state index in [-0.39, 0.29) is 17.3 Å². The molecule has 0 fully saturated rings. The van der Waals surface area contributed by atoms with Gasteiger partial charge >= 0.3 is 0 Å². The van der Waals surface area contributed by atoms with E-state index in [1.165, 1.54) is 4.31 Å². The molecule has 0 atom stereocenters. The van der Waals surface area contributed by atoms with Crippen molar-refractivity contribution in [3.05, 3.63) is 120 Å². The number of sulfonamides is 1. The average molecular weight is 517 g/mol. The Labute approximate surface area is 217 Å². The van der Waals surface area contributed by atoms with Gasteiger partial charge in [0.1, 0.15) is 18.1 Å². The van der Waals surface area contributed by atoms with Crippen LogP contribution in [0.25, 0.3) is 0 Å². The van der Waals surface area contributed by atoms with Gasteiger partial charge in [0.15, 0.2) is 0 Å². The highest BCUT2D eigenvalue weighted by Crippen LogP contribution is 2.26. The van der Waals surface area contributed by atoms with Gasteiger partial charge in [0.2, 0.25) is 0 Å². The molecule has 0 radical (unpaired) electrons. The third-order valence-electron chi connectivity index (χ3n) is 5.63. The molecular weight excluding hydrogens is 488 g/mol. The van der Waals surface area contributed by atoms with Crippen molar-refractivity contribution in [1.82, 2.24) is 5.32 Å². The minimum absolute atomic E-state index is 0.124. The van der Waals surface area contributed by atoms with E-state index in [1.807, 2.05) is 6.07 Å². The third-order valence-corrected chi connectivity index (χ3v) is 7.42. The van der Waals surface area contributed by atoms with Crippen molar-refractivity contribution in [2.24, 2.45) is 0 Å². The first-order valence-electron chi connectivity index (χ1n) is 11.7. The fraction of sp³-hybridized carbons (Fsp3) is 0.138. The molecule has 0 heterocycles. The van der Waals surface area contributed by atoms with Crippen LogP contribution in [0.4, 0.5) is 5.69 Å². The van der Waals surface area contributed by atoms with Crippen LogP contribution in [0.2, 0.25) is 0 Å². The normalized spacial score (nSPS) is 10.9. The van der Waals surface area contributed by atoms with Crippen LogP contribution < -0.4 is 19.1 Å². The fourth-order valence-electron chi connectivity index (χ4n) is 3.66. The molecule has 1 N–H and O–H groups in total. The molecule has 8 heteroatoms. The molecule has 37 heavy (non-hydrogen) atoms. The maximum Gasteiger partial charge on any atom is 0.264 e. The molecule has 4 aromatic carbocycles. The van der Waals surface area contributed by atoms with Gasteiger partial charge in [0, 0.05) is 5.56 Å². The van der Waals surface area contributed by atoms with Crippen LogP contribution in [0, 0.1) is 0 Å². The van der Waals surface area contributed by atoms with Crippen molar-refractivity contribution in [1.29, 1.82) is 0 Å². The zero-order valence-electron chi connectivity index (χ0n) is 20.4. The topological polar surface area (TPSA) is 84.9 Å². The van der Waals surface area contributed by atoms with Crippen LogP contribution in [-0.4, -0.2) is 34.6 Å². The maximum absolute atomic E-state index is 13.4. The van der Waals surface area contributed by atoms with Crippen molar-refractivity contribution < 1.29 is 22.7 Å². The molecular formula is C29H28N2O5S. The van der Waals surface area contributed by atoms with E-state index >= 15 is 0 Å². The minimum atomic E-state index is -3.79. The van der Waals surface area contributed by atoms with Gasteiger partial charge in [-0.25, -0.2) is 8.42 Å². The van der Waals surface area contributed by atoms with Gasteiger partial charge in [-0.15, -0.1) is 0 Å². The second kappa shape index (κ2) is 12.1. The molecule has 0 aliphatic heterocycles. The SMILES string of the molecule is COc1ccc(OCCNC(=O)c2ccc(CN(c3ccccc3)S(=O)(=O)c3ccccc3)cc2)cc1. The van der Waals surface area contributed by atoms with E-state index in [4.69, 9.17) is 9.47 Å². The summed E-state index contributed by atoms with van der Waals surface area (Å²) in [4.78, 5) is 12.8. The van der Waals surface area contributed by atoms with Crippen LogP contribution in [0.5, 0.6) is 11.5 Å². The smallest absolute Gasteiger partial charge is 0.264 e. The van der Waals surface area contributed by atoms with Gasteiger partial charge in [0.25, 0.3) is 15.9 Å². The van der Waals surface area contributed by atoms with Crippen LogP contribution in [-0.2, 0) is 16.6 Å². The van der Waals surface area contributed by atoms with Crippen LogP contribution >= 0.6 is 0 Å². The number of ether oxygens (including phenoxy) is 2. The molecule has 0 aliphatic carbocycles. The summed E-state index contributed by atoms with van der Waals surface area (Å²) >= 11 is 0. The number of rotatable bonds is 11. The van der Waals surface area contributed by atoms with Crippen molar-refractivity contribution in [2.75, 3.05) is 24.6 Å². The molecule has 0 unspecified atom stereocenters. The maximum atomic E-state index is 13.4. The largest absolute Gasteiger partial charge is 0.497 e. The Balaban J connectivity index is 1.39. The summed E-state index contributed by atoms with van der Waals surface area (Å²) in [5, 5.41) is 2.83. The lowest BCUT2D eigenvalue weighted by atomic mass is 10.1. The molecule has 0 spiro atoms. The first kappa shape index (κ1) is 25.8. The van der Waals surface area contributed by atoms with E-state index < -0.39 is 10.0 Å².